The Bertz CT molecular complexity index is 909. The Morgan fingerprint density at radius 1 is 1.37 bits per heavy atom. The second kappa shape index (κ2) is 5.73. The van der Waals surface area contributed by atoms with Crippen molar-refractivity contribution in [1.82, 2.24) is 0 Å². The summed E-state index contributed by atoms with van der Waals surface area (Å²) < 4.78 is 16.1. The van der Waals surface area contributed by atoms with Crippen molar-refractivity contribution in [2.24, 2.45) is 28.6 Å². The van der Waals surface area contributed by atoms with Gasteiger partial charge in [0, 0.05) is 18.8 Å². The van der Waals surface area contributed by atoms with Crippen molar-refractivity contribution in [2.45, 2.75) is 56.8 Å². The molecule has 4 fully saturated rings. The molecule has 8 nitrogen and oxygen atoms in total. The van der Waals surface area contributed by atoms with Gasteiger partial charge in [0.05, 0.1) is 17.6 Å². The first-order valence-corrected chi connectivity index (χ1v) is 10.3. The van der Waals surface area contributed by atoms with E-state index in [9.17, 15) is 24.6 Å². The van der Waals surface area contributed by atoms with E-state index >= 15 is 0 Å². The summed E-state index contributed by atoms with van der Waals surface area (Å²) in [5.74, 6) is -3.41. The van der Waals surface area contributed by atoms with Crippen molar-refractivity contribution < 1.29 is 38.8 Å². The second-order valence-electron chi connectivity index (χ2n) is 9.82. The smallest absolute Gasteiger partial charge is 0.316 e. The highest BCUT2D eigenvalue weighted by Gasteiger charge is 2.83. The molecule has 162 valence electrons. The zero-order valence-corrected chi connectivity index (χ0v) is 17.1. The molecule has 1 heterocycles. The maximum absolute atomic E-state index is 13.4. The number of aliphatic hydroxyl groups excluding tert-OH is 1. The summed E-state index contributed by atoms with van der Waals surface area (Å²) >= 11 is 0. The van der Waals surface area contributed by atoms with Crippen LogP contribution < -0.4 is 0 Å². The van der Waals surface area contributed by atoms with E-state index in [1.807, 2.05) is 0 Å². The Kier molecular flexibility index (Phi) is 3.78. The fourth-order valence-corrected chi connectivity index (χ4v) is 7.37. The summed E-state index contributed by atoms with van der Waals surface area (Å²) in [5, 5.41) is 21.9. The van der Waals surface area contributed by atoms with Gasteiger partial charge in [0.2, 0.25) is 6.79 Å². The zero-order valence-electron chi connectivity index (χ0n) is 17.1. The van der Waals surface area contributed by atoms with Crippen molar-refractivity contribution in [1.29, 1.82) is 0 Å². The van der Waals surface area contributed by atoms with Crippen LogP contribution >= 0.6 is 0 Å². The van der Waals surface area contributed by atoms with Gasteiger partial charge >= 0.3 is 17.9 Å². The van der Waals surface area contributed by atoms with Crippen LogP contribution in [-0.2, 0) is 28.6 Å². The number of ether oxygens (including phenoxy) is 3. The number of carbonyl (C=O) groups is 3. The van der Waals surface area contributed by atoms with E-state index in [4.69, 9.17) is 14.2 Å². The van der Waals surface area contributed by atoms with Crippen LogP contribution in [0.1, 0.15) is 39.5 Å². The molecule has 2 N–H and O–H groups in total. The maximum Gasteiger partial charge on any atom is 0.316 e. The summed E-state index contributed by atoms with van der Waals surface area (Å²) in [7, 11) is 0. The monoisotopic (exact) mass is 418 g/mol. The summed E-state index contributed by atoms with van der Waals surface area (Å²) in [6, 6.07) is 0. The average molecular weight is 418 g/mol. The van der Waals surface area contributed by atoms with Crippen molar-refractivity contribution >= 4 is 17.9 Å². The molecule has 0 aromatic heterocycles. The van der Waals surface area contributed by atoms with Crippen LogP contribution in [-0.4, -0.2) is 52.2 Å². The first-order chi connectivity index (χ1) is 14.0. The van der Waals surface area contributed by atoms with Gasteiger partial charge in [-0.2, -0.15) is 0 Å². The number of fused-ring (bicyclic) bond motifs is 1. The third kappa shape index (κ3) is 2.06. The van der Waals surface area contributed by atoms with Crippen molar-refractivity contribution in [3.63, 3.8) is 0 Å². The molecule has 4 bridgehead atoms. The van der Waals surface area contributed by atoms with Crippen LogP contribution in [0.5, 0.6) is 0 Å². The molecule has 30 heavy (non-hydrogen) atoms. The largest absolute Gasteiger partial charge is 0.454 e. The molecule has 8 heteroatoms. The molecule has 0 aromatic carbocycles. The Hall–Kier alpha value is -2.19. The third-order valence-electron chi connectivity index (χ3n) is 8.57. The number of rotatable bonds is 3. The van der Waals surface area contributed by atoms with Crippen LogP contribution in [0, 0.1) is 28.6 Å². The average Bonchev–Trinajstić information content (AvgIpc) is 3.08. The summed E-state index contributed by atoms with van der Waals surface area (Å²) in [6.45, 7) is 6.40. The van der Waals surface area contributed by atoms with Gasteiger partial charge in [0.1, 0.15) is 11.0 Å². The highest BCUT2D eigenvalue weighted by Crippen LogP contribution is 2.77. The number of hydrogen-bond donors (Lipinski definition) is 2. The number of carbonyl (C=O) groups excluding carboxylic acids is 3. The lowest BCUT2D eigenvalue weighted by molar-refractivity contribution is -0.177. The predicted molar refractivity (Wildman–Crippen MR) is 100 cm³/mol. The summed E-state index contributed by atoms with van der Waals surface area (Å²) in [4.78, 5) is 37.5. The lowest BCUT2D eigenvalue weighted by Gasteiger charge is -2.44. The molecule has 1 unspecified atom stereocenters. The van der Waals surface area contributed by atoms with E-state index in [1.54, 1.807) is 19.1 Å². The molecule has 1 spiro atoms. The van der Waals surface area contributed by atoms with Crippen LogP contribution in [0.4, 0.5) is 0 Å². The minimum absolute atomic E-state index is 0.213. The van der Waals surface area contributed by atoms with Gasteiger partial charge in [-0.1, -0.05) is 12.7 Å². The Labute approximate surface area is 173 Å². The Morgan fingerprint density at radius 3 is 2.80 bits per heavy atom. The van der Waals surface area contributed by atoms with Crippen molar-refractivity contribution in [2.75, 3.05) is 6.79 Å². The maximum atomic E-state index is 13.4. The third-order valence-corrected chi connectivity index (χ3v) is 8.57. The van der Waals surface area contributed by atoms with Gasteiger partial charge in [-0.25, -0.2) is 0 Å². The fourth-order valence-electron chi connectivity index (χ4n) is 7.37. The molecule has 4 aliphatic carbocycles. The molecule has 5 rings (SSSR count). The van der Waals surface area contributed by atoms with Gasteiger partial charge < -0.3 is 24.4 Å². The van der Waals surface area contributed by atoms with Crippen LogP contribution in [0.3, 0.4) is 0 Å². The van der Waals surface area contributed by atoms with E-state index in [2.05, 4.69) is 6.58 Å². The molecular weight excluding hydrogens is 392 g/mol. The normalized spacial score (nSPS) is 50.0. The zero-order chi connectivity index (χ0) is 21.7. The first kappa shape index (κ1) is 19.8. The van der Waals surface area contributed by atoms with Crippen LogP contribution in [0.2, 0.25) is 0 Å². The molecule has 0 amide bonds. The molecular formula is C22H26O8. The van der Waals surface area contributed by atoms with Crippen molar-refractivity contribution in [3.8, 4) is 0 Å². The molecule has 1 saturated heterocycles. The van der Waals surface area contributed by atoms with E-state index in [0.717, 1.165) is 0 Å². The second-order valence-corrected chi connectivity index (χ2v) is 9.82. The van der Waals surface area contributed by atoms with E-state index < -0.39 is 64.7 Å². The van der Waals surface area contributed by atoms with Crippen molar-refractivity contribution in [3.05, 3.63) is 24.3 Å². The van der Waals surface area contributed by atoms with Gasteiger partial charge in [-0.15, -0.1) is 0 Å². The quantitative estimate of drug-likeness (QED) is 0.396. The molecule has 8 atom stereocenters. The van der Waals surface area contributed by atoms with Gasteiger partial charge in [0.25, 0.3) is 0 Å². The van der Waals surface area contributed by atoms with E-state index in [-0.39, 0.29) is 5.92 Å². The van der Waals surface area contributed by atoms with Gasteiger partial charge in [-0.3, -0.25) is 14.4 Å². The first-order valence-electron chi connectivity index (χ1n) is 10.3. The van der Waals surface area contributed by atoms with Crippen LogP contribution in [0.15, 0.2) is 24.3 Å². The van der Waals surface area contributed by atoms with Gasteiger partial charge in [0.15, 0.2) is 0 Å². The highest BCUT2D eigenvalue weighted by atomic mass is 16.7. The topological polar surface area (TPSA) is 119 Å². The standard InChI is InChI=1S/C22H26O8/c1-11-8-20-9-21(11,27)6-4-13(20)22-7-5-14(24)19(3,18(26)30-22)16(22)15(20)17(25)29-10-28-12(2)23/h5,7,13-16,24,27H,1,4,6,8-10H2,2-3H3/t13-,14+,15-,16?,19-,20+,21+,22-/m1/s1. The summed E-state index contributed by atoms with van der Waals surface area (Å²) in [6.07, 6.45) is 4.01. The number of hydrogen-bond acceptors (Lipinski definition) is 8. The highest BCUT2D eigenvalue weighted by molar-refractivity contribution is 5.87. The summed E-state index contributed by atoms with van der Waals surface area (Å²) in [5.41, 5.74) is -3.45. The minimum Gasteiger partial charge on any atom is -0.454 e. The van der Waals surface area contributed by atoms with E-state index in [0.29, 0.717) is 31.3 Å². The molecule has 0 radical (unpaired) electrons. The molecule has 3 saturated carbocycles. The molecule has 1 aliphatic heterocycles. The predicted octanol–water partition coefficient (Wildman–Crippen LogP) is 1.01. The molecule has 5 aliphatic rings. The number of esters is 3. The van der Waals surface area contributed by atoms with E-state index in [1.165, 1.54) is 6.92 Å². The lowest BCUT2D eigenvalue weighted by Crippen LogP contribution is -2.51. The Morgan fingerprint density at radius 2 is 2.10 bits per heavy atom. The Balaban J connectivity index is 1.64. The fraction of sp³-hybridized carbons (Fsp3) is 0.682. The SMILES string of the molecule is C=C1C[C@]23C[C@@]1(O)CC[C@H]2[C@@]12C=C[C@H](O)[C@@](C)(C(=O)O1)C2[C@@H]3C(=O)OCOC(C)=O. The minimum atomic E-state index is -1.31. The number of aliphatic hydroxyl groups is 2. The molecule has 0 aromatic rings. The van der Waals surface area contributed by atoms with Crippen LogP contribution in [0.25, 0.3) is 0 Å². The lowest BCUT2D eigenvalue weighted by atomic mass is 9.61. The van der Waals surface area contributed by atoms with Gasteiger partial charge in [-0.05, 0) is 49.7 Å².